The third kappa shape index (κ3) is 3.47. The fraction of sp³-hybridized carbons (Fsp3) is 0.429. The highest BCUT2D eigenvalue weighted by atomic mass is 16.5. The highest BCUT2D eigenvalue weighted by molar-refractivity contribution is 5.93. The number of ether oxygens (including phenoxy) is 1. The zero-order valence-electron chi connectivity index (χ0n) is 10.8. The molecule has 0 bridgehead atoms. The summed E-state index contributed by atoms with van der Waals surface area (Å²) in [5.74, 6) is -0.322. The predicted octanol–water partition coefficient (Wildman–Crippen LogP) is 2.20. The number of nitrogens with one attached hydrogen (secondary N) is 1. The highest BCUT2D eigenvalue weighted by Crippen LogP contribution is 2.29. The third-order valence-electron chi connectivity index (χ3n) is 3.29. The molecule has 0 atom stereocenters. The first-order valence-electron chi connectivity index (χ1n) is 6.32. The first-order valence-corrected chi connectivity index (χ1v) is 6.32. The van der Waals surface area contributed by atoms with Crippen LogP contribution in [0.1, 0.15) is 24.8 Å². The second-order valence-corrected chi connectivity index (χ2v) is 4.78. The number of anilines is 1. The Morgan fingerprint density at radius 3 is 2.68 bits per heavy atom. The standard InChI is InChI=1S/C14H17NO4/c1-9-7-11(19-8-13(16)17)5-6-12(9)15-14(18)10-3-2-4-10/h5-7,10H,2-4,8H2,1H3,(H,15,18)(H,16,17). The first kappa shape index (κ1) is 13.4. The molecule has 19 heavy (non-hydrogen) atoms. The van der Waals surface area contributed by atoms with Gasteiger partial charge in [0.15, 0.2) is 6.61 Å². The SMILES string of the molecule is Cc1cc(OCC(=O)O)ccc1NC(=O)C1CCC1. The van der Waals surface area contributed by atoms with Gasteiger partial charge in [0, 0.05) is 11.6 Å². The van der Waals surface area contributed by atoms with Gasteiger partial charge in [-0.05, 0) is 43.5 Å². The summed E-state index contributed by atoms with van der Waals surface area (Å²) in [4.78, 5) is 22.2. The van der Waals surface area contributed by atoms with Gasteiger partial charge in [0.05, 0.1) is 0 Å². The summed E-state index contributed by atoms with van der Waals surface area (Å²) in [6.07, 6.45) is 3.05. The number of carbonyl (C=O) groups excluding carboxylic acids is 1. The number of rotatable bonds is 5. The Morgan fingerprint density at radius 2 is 2.16 bits per heavy atom. The van der Waals surface area contributed by atoms with Crippen molar-refractivity contribution in [2.75, 3.05) is 11.9 Å². The molecule has 0 saturated heterocycles. The van der Waals surface area contributed by atoms with Crippen molar-refractivity contribution in [3.05, 3.63) is 23.8 Å². The van der Waals surface area contributed by atoms with Gasteiger partial charge in [-0.3, -0.25) is 4.79 Å². The number of benzene rings is 1. The van der Waals surface area contributed by atoms with Crippen LogP contribution in [-0.4, -0.2) is 23.6 Å². The smallest absolute Gasteiger partial charge is 0.341 e. The van der Waals surface area contributed by atoms with Crippen molar-refractivity contribution in [3.8, 4) is 5.75 Å². The monoisotopic (exact) mass is 263 g/mol. The van der Waals surface area contributed by atoms with Gasteiger partial charge in [0.1, 0.15) is 5.75 Å². The number of aryl methyl sites for hydroxylation is 1. The molecule has 0 spiro atoms. The molecule has 102 valence electrons. The van der Waals surface area contributed by atoms with E-state index in [1.165, 1.54) is 0 Å². The van der Waals surface area contributed by atoms with Crippen molar-refractivity contribution < 1.29 is 19.4 Å². The molecule has 1 fully saturated rings. The molecule has 1 aliphatic carbocycles. The van der Waals surface area contributed by atoms with Gasteiger partial charge in [-0.1, -0.05) is 6.42 Å². The molecular weight excluding hydrogens is 246 g/mol. The van der Waals surface area contributed by atoms with Gasteiger partial charge in [-0.25, -0.2) is 4.79 Å². The van der Waals surface area contributed by atoms with Crippen LogP contribution in [0.4, 0.5) is 5.69 Å². The maximum Gasteiger partial charge on any atom is 0.341 e. The van der Waals surface area contributed by atoms with Crippen LogP contribution in [0, 0.1) is 12.8 Å². The molecule has 1 aromatic rings. The average molecular weight is 263 g/mol. The maximum absolute atomic E-state index is 11.8. The number of carboxylic acid groups (broad SMARTS) is 1. The molecule has 1 amide bonds. The van der Waals surface area contributed by atoms with Crippen LogP contribution < -0.4 is 10.1 Å². The largest absolute Gasteiger partial charge is 0.482 e. The van der Waals surface area contributed by atoms with Crippen LogP contribution in [-0.2, 0) is 9.59 Å². The van der Waals surface area contributed by atoms with E-state index in [1.807, 2.05) is 6.92 Å². The molecule has 5 heteroatoms. The molecule has 1 aromatic carbocycles. The van der Waals surface area contributed by atoms with Gasteiger partial charge in [0.25, 0.3) is 0 Å². The van der Waals surface area contributed by atoms with E-state index in [0.29, 0.717) is 5.75 Å². The van der Waals surface area contributed by atoms with Crippen LogP contribution in [0.5, 0.6) is 5.75 Å². The van der Waals surface area contributed by atoms with Gasteiger partial charge >= 0.3 is 5.97 Å². The minimum atomic E-state index is -1.01. The Kier molecular flexibility index (Phi) is 4.04. The van der Waals surface area contributed by atoms with E-state index >= 15 is 0 Å². The second kappa shape index (κ2) is 5.73. The summed E-state index contributed by atoms with van der Waals surface area (Å²) in [7, 11) is 0. The van der Waals surface area contributed by atoms with E-state index in [2.05, 4.69) is 5.32 Å². The zero-order chi connectivity index (χ0) is 13.8. The Labute approximate surface area is 111 Å². The number of amides is 1. The summed E-state index contributed by atoms with van der Waals surface area (Å²) < 4.78 is 5.08. The summed E-state index contributed by atoms with van der Waals surface area (Å²) in [6.45, 7) is 1.48. The third-order valence-corrected chi connectivity index (χ3v) is 3.29. The molecule has 1 saturated carbocycles. The van der Waals surface area contributed by atoms with Crippen molar-refractivity contribution in [2.24, 2.45) is 5.92 Å². The lowest BCUT2D eigenvalue weighted by Gasteiger charge is -2.24. The predicted molar refractivity (Wildman–Crippen MR) is 70.3 cm³/mol. The molecule has 5 nitrogen and oxygen atoms in total. The highest BCUT2D eigenvalue weighted by Gasteiger charge is 2.25. The van der Waals surface area contributed by atoms with E-state index in [4.69, 9.17) is 9.84 Å². The number of carboxylic acids is 1. The van der Waals surface area contributed by atoms with E-state index in [1.54, 1.807) is 18.2 Å². The van der Waals surface area contributed by atoms with Crippen LogP contribution in [0.15, 0.2) is 18.2 Å². The number of hydrogen-bond donors (Lipinski definition) is 2. The van der Waals surface area contributed by atoms with E-state index in [-0.39, 0.29) is 18.4 Å². The topological polar surface area (TPSA) is 75.6 Å². The molecule has 0 radical (unpaired) electrons. The number of aliphatic carboxylic acids is 1. The van der Waals surface area contributed by atoms with Gasteiger partial charge in [-0.15, -0.1) is 0 Å². The van der Waals surface area contributed by atoms with Crippen LogP contribution in [0.2, 0.25) is 0 Å². The fourth-order valence-corrected chi connectivity index (χ4v) is 1.92. The normalized spacial score (nSPS) is 14.6. The maximum atomic E-state index is 11.8. The van der Waals surface area contributed by atoms with E-state index < -0.39 is 5.97 Å². The lowest BCUT2D eigenvalue weighted by molar-refractivity contribution is -0.139. The van der Waals surface area contributed by atoms with Crippen LogP contribution in [0.25, 0.3) is 0 Å². The van der Waals surface area contributed by atoms with Gasteiger partial charge in [-0.2, -0.15) is 0 Å². The number of carbonyl (C=O) groups is 2. The number of hydrogen-bond acceptors (Lipinski definition) is 3. The summed E-state index contributed by atoms with van der Waals surface area (Å²) in [5.41, 5.74) is 1.61. The van der Waals surface area contributed by atoms with Crippen molar-refractivity contribution >= 4 is 17.6 Å². The minimum Gasteiger partial charge on any atom is -0.482 e. The van der Waals surface area contributed by atoms with Crippen molar-refractivity contribution in [1.82, 2.24) is 0 Å². The van der Waals surface area contributed by atoms with Crippen molar-refractivity contribution in [3.63, 3.8) is 0 Å². The average Bonchev–Trinajstić information content (AvgIpc) is 2.27. The summed E-state index contributed by atoms with van der Waals surface area (Å²) >= 11 is 0. The van der Waals surface area contributed by atoms with Crippen LogP contribution in [0.3, 0.4) is 0 Å². The lowest BCUT2D eigenvalue weighted by Crippen LogP contribution is -2.28. The molecule has 0 aromatic heterocycles. The molecule has 1 aliphatic rings. The lowest BCUT2D eigenvalue weighted by atomic mass is 9.85. The Balaban J connectivity index is 1.98. The molecule has 0 aliphatic heterocycles. The van der Waals surface area contributed by atoms with E-state index in [9.17, 15) is 9.59 Å². The Morgan fingerprint density at radius 1 is 1.42 bits per heavy atom. The first-order chi connectivity index (χ1) is 9.06. The quantitative estimate of drug-likeness (QED) is 0.853. The summed E-state index contributed by atoms with van der Waals surface area (Å²) in [5, 5.41) is 11.4. The molecule has 0 unspecified atom stereocenters. The van der Waals surface area contributed by atoms with Gasteiger partial charge < -0.3 is 15.2 Å². The van der Waals surface area contributed by atoms with Crippen molar-refractivity contribution in [2.45, 2.75) is 26.2 Å². The van der Waals surface area contributed by atoms with Gasteiger partial charge in [0.2, 0.25) is 5.91 Å². The summed E-state index contributed by atoms with van der Waals surface area (Å²) in [6, 6.07) is 5.12. The zero-order valence-corrected chi connectivity index (χ0v) is 10.8. The van der Waals surface area contributed by atoms with Crippen molar-refractivity contribution in [1.29, 1.82) is 0 Å². The van der Waals surface area contributed by atoms with E-state index in [0.717, 1.165) is 30.5 Å². The fourth-order valence-electron chi connectivity index (χ4n) is 1.92. The molecule has 0 heterocycles. The molecule has 2 rings (SSSR count). The Hall–Kier alpha value is -2.04. The Bertz CT molecular complexity index is 494. The second-order valence-electron chi connectivity index (χ2n) is 4.78. The molecule has 2 N–H and O–H groups in total. The van der Waals surface area contributed by atoms with Crippen LogP contribution >= 0.6 is 0 Å². The minimum absolute atomic E-state index is 0.0635. The molecular formula is C14H17NO4.